The van der Waals surface area contributed by atoms with Crippen LogP contribution in [0, 0.1) is 5.41 Å². The standard InChI is InChI=1S/C13H21NO/c1-13(2,3)11-8-10(9-14(4)5)6-7-12(11)15/h7-9,15H,6H2,1-5H3. The molecule has 84 valence electrons. The molecule has 0 saturated carbocycles. The van der Waals surface area contributed by atoms with Crippen molar-refractivity contribution in [3.63, 3.8) is 0 Å². The molecule has 0 aromatic heterocycles. The first kappa shape index (κ1) is 11.9. The molecule has 1 N–H and O–H groups in total. The molecule has 0 heterocycles. The van der Waals surface area contributed by atoms with E-state index in [9.17, 15) is 5.11 Å². The molecule has 0 aliphatic heterocycles. The second-order valence-corrected chi connectivity index (χ2v) is 5.27. The van der Waals surface area contributed by atoms with E-state index in [4.69, 9.17) is 0 Å². The number of aliphatic hydroxyl groups is 1. The number of hydrogen-bond donors (Lipinski definition) is 1. The molecular weight excluding hydrogens is 186 g/mol. The molecule has 0 amide bonds. The fourth-order valence-corrected chi connectivity index (χ4v) is 1.67. The summed E-state index contributed by atoms with van der Waals surface area (Å²) < 4.78 is 0. The minimum absolute atomic E-state index is 0.00753. The summed E-state index contributed by atoms with van der Waals surface area (Å²) >= 11 is 0. The lowest BCUT2D eigenvalue weighted by atomic mass is 9.81. The molecule has 0 unspecified atom stereocenters. The van der Waals surface area contributed by atoms with Gasteiger partial charge in [0.2, 0.25) is 0 Å². The molecule has 0 atom stereocenters. The maximum atomic E-state index is 9.81. The van der Waals surface area contributed by atoms with E-state index in [2.05, 4.69) is 33.0 Å². The van der Waals surface area contributed by atoms with Crippen molar-refractivity contribution in [3.05, 3.63) is 35.3 Å². The van der Waals surface area contributed by atoms with Gasteiger partial charge < -0.3 is 10.0 Å². The molecule has 1 rings (SSSR count). The lowest BCUT2D eigenvalue weighted by Gasteiger charge is -2.26. The van der Waals surface area contributed by atoms with Gasteiger partial charge in [-0.15, -0.1) is 0 Å². The first-order chi connectivity index (χ1) is 6.80. The largest absolute Gasteiger partial charge is 0.508 e. The van der Waals surface area contributed by atoms with E-state index in [0.29, 0.717) is 5.76 Å². The molecule has 0 aromatic rings. The van der Waals surface area contributed by atoms with Crippen LogP contribution in [0.15, 0.2) is 35.3 Å². The zero-order valence-corrected chi connectivity index (χ0v) is 10.3. The molecule has 0 aromatic carbocycles. The molecule has 15 heavy (non-hydrogen) atoms. The van der Waals surface area contributed by atoms with Gasteiger partial charge >= 0.3 is 0 Å². The van der Waals surface area contributed by atoms with Gasteiger partial charge in [-0.25, -0.2) is 0 Å². The smallest absolute Gasteiger partial charge is 0.115 e. The molecule has 0 fully saturated rings. The van der Waals surface area contributed by atoms with Crippen molar-refractivity contribution in [2.75, 3.05) is 14.1 Å². The van der Waals surface area contributed by atoms with Gasteiger partial charge in [0.05, 0.1) is 0 Å². The average molecular weight is 207 g/mol. The summed E-state index contributed by atoms with van der Waals surface area (Å²) in [5, 5.41) is 9.81. The lowest BCUT2D eigenvalue weighted by molar-refractivity contribution is 0.374. The van der Waals surface area contributed by atoms with Gasteiger partial charge in [-0.05, 0) is 35.1 Å². The van der Waals surface area contributed by atoms with Gasteiger partial charge in [-0.1, -0.05) is 20.8 Å². The van der Waals surface area contributed by atoms with Crippen molar-refractivity contribution in [1.82, 2.24) is 4.90 Å². The number of hydrogen-bond acceptors (Lipinski definition) is 2. The topological polar surface area (TPSA) is 23.5 Å². The molecule has 0 radical (unpaired) electrons. The van der Waals surface area contributed by atoms with Crippen LogP contribution in [-0.2, 0) is 0 Å². The van der Waals surface area contributed by atoms with Crippen LogP contribution in [0.2, 0.25) is 0 Å². The molecule has 1 aliphatic carbocycles. The minimum atomic E-state index is -0.00753. The van der Waals surface area contributed by atoms with Crippen LogP contribution < -0.4 is 0 Å². The lowest BCUT2D eigenvalue weighted by Crippen LogP contribution is -2.14. The second kappa shape index (κ2) is 4.13. The van der Waals surface area contributed by atoms with Crippen LogP contribution in [0.3, 0.4) is 0 Å². The normalized spacial score (nSPS) is 19.9. The minimum Gasteiger partial charge on any atom is -0.508 e. The summed E-state index contributed by atoms with van der Waals surface area (Å²) in [6.45, 7) is 6.34. The summed E-state index contributed by atoms with van der Waals surface area (Å²) in [7, 11) is 4.02. The molecule has 2 nitrogen and oxygen atoms in total. The van der Waals surface area contributed by atoms with E-state index in [0.717, 1.165) is 12.0 Å². The van der Waals surface area contributed by atoms with E-state index in [1.54, 1.807) is 0 Å². The van der Waals surface area contributed by atoms with Crippen LogP contribution in [0.5, 0.6) is 0 Å². The Hall–Kier alpha value is -1.18. The zero-order valence-electron chi connectivity index (χ0n) is 10.3. The predicted molar refractivity (Wildman–Crippen MR) is 64.6 cm³/mol. The van der Waals surface area contributed by atoms with Crippen molar-refractivity contribution in [1.29, 1.82) is 0 Å². The third-order valence-electron chi connectivity index (χ3n) is 2.37. The highest BCUT2D eigenvalue weighted by molar-refractivity contribution is 5.42. The van der Waals surface area contributed by atoms with Crippen molar-refractivity contribution in [2.24, 2.45) is 5.41 Å². The third-order valence-corrected chi connectivity index (χ3v) is 2.37. The Labute approximate surface area is 92.6 Å². The van der Waals surface area contributed by atoms with Crippen molar-refractivity contribution < 1.29 is 5.11 Å². The number of allylic oxidation sites excluding steroid dienone is 4. The zero-order chi connectivity index (χ0) is 11.6. The molecule has 1 aliphatic rings. The Morgan fingerprint density at radius 1 is 1.33 bits per heavy atom. The summed E-state index contributed by atoms with van der Waals surface area (Å²) in [6, 6.07) is 0. The van der Waals surface area contributed by atoms with E-state index in [1.165, 1.54) is 5.57 Å². The highest BCUT2D eigenvalue weighted by Gasteiger charge is 2.22. The van der Waals surface area contributed by atoms with Crippen molar-refractivity contribution in [3.8, 4) is 0 Å². The van der Waals surface area contributed by atoms with Crippen molar-refractivity contribution in [2.45, 2.75) is 27.2 Å². The summed E-state index contributed by atoms with van der Waals surface area (Å²) in [5.74, 6) is 0.429. The average Bonchev–Trinajstić information content (AvgIpc) is 2.05. The van der Waals surface area contributed by atoms with Crippen LogP contribution in [0.4, 0.5) is 0 Å². The molecular formula is C13H21NO. The third kappa shape index (κ3) is 3.15. The van der Waals surface area contributed by atoms with Crippen LogP contribution in [0.25, 0.3) is 0 Å². The Morgan fingerprint density at radius 2 is 1.93 bits per heavy atom. The highest BCUT2D eigenvalue weighted by atomic mass is 16.3. The first-order valence-corrected chi connectivity index (χ1v) is 5.29. The van der Waals surface area contributed by atoms with Crippen LogP contribution in [-0.4, -0.2) is 24.1 Å². The number of nitrogens with zero attached hydrogens (tertiary/aromatic N) is 1. The Morgan fingerprint density at radius 3 is 2.40 bits per heavy atom. The van der Waals surface area contributed by atoms with E-state index >= 15 is 0 Å². The second-order valence-electron chi connectivity index (χ2n) is 5.27. The molecule has 2 heteroatoms. The number of rotatable bonds is 1. The van der Waals surface area contributed by atoms with Gasteiger partial charge in [0.1, 0.15) is 5.76 Å². The van der Waals surface area contributed by atoms with Crippen molar-refractivity contribution >= 4 is 0 Å². The molecule has 0 saturated heterocycles. The molecule has 0 bridgehead atoms. The quantitative estimate of drug-likeness (QED) is 0.713. The highest BCUT2D eigenvalue weighted by Crippen LogP contribution is 2.34. The Kier molecular flexibility index (Phi) is 3.28. The predicted octanol–water partition coefficient (Wildman–Crippen LogP) is 3.25. The van der Waals surface area contributed by atoms with Crippen LogP contribution in [0.1, 0.15) is 27.2 Å². The van der Waals surface area contributed by atoms with E-state index in [-0.39, 0.29) is 5.41 Å². The van der Waals surface area contributed by atoms with Gasteiger partial charge in [-0.2, -0.15) is 0 Å². The number of aliphatic hydroxyl groups excluding tert-OH is 1. The monoisotopic (exact) mass is 207 g/mol. The SMILES string of the molecule is CN(C)C=C1C=C(C(C)(C)C)C(O)=CC1. The summed E-state index contributed by atoms with van der Waals surface area (Å²) in [4.78, 5) is 2.03. The van der Waals surface area contributed by atoms with Gasteiger partial charge in [-0.3, -0.25) is 0 Å². The van der Waals surface area contributed by atoms with Gasteiger partial charge in [0.15, 0.2) is 0 Å². The Bertz CT molecular complexity index is 327. The van der Waals surface area contributed by atoms with Gasteiger partial charge in [0, 0.05) is 20.3 Å². The summed E-state index contributed by atoms with van der Waals surface area (Å²) in [6.07, 6.45) is 6.88. The molecule has 0 spiro atoms. The van der Waals surface area contributed by atoms with Crippen LogP contribution >= 0.6 is 0 Å². The summed E-state index contributed by atoms with van der Waals surface area (Å²) in [5.41, 5.74) is 2.25. The fraction of sp³-hybridized carbons (Fsp3) is 0.538. The first-order valence-electron chi connectivity index (χ1n) is 5.29. The van der Waals surface area contributed by atoms with Gasteiger partial charge in [0.25, 0.3) is 0 Å². The maximum Gasteiger partial charge on any atom is 0.115 e. The fourth-order valence-electron chi connectivity index (χ4n) is 1.67. The maximum absolute atomic E-state index is 9.81. The van der Waals surface area contributed by atoms with E-state index in [1.807, 2.05) is 25.1 Å². The Balaban J connectivity index is 3.02. The van der Waals surface area contributed by atoms with E-state index < -0.39 is 0 Å².